The van der Waals surface area contributed by atoms with Crippen molar-refractivity contribution in [3.05, 3.63) is 52.6 Å². The first-order chi connectivity index (χ1) is 11.4. The van der Waals surface area contributed by atoms with Crippen LogP contribution in [0.5, 0.6) is 0 Å². The lowest BCUT2D eigenvalue weighted by Crippen LogP contribution is -2.53. The van der Waals surface area contributed by atoms with Gasteiger partial charge in [-0.2, -0.15) is 0 Å². The molecule has 1 saturated heterocycles. The van der Waals surface area contributed by atoms with Gasteiger partial charge in [0.15, 0.2) is 0 Å². The van der Waals surface area contributed by atoms with Crippen LogP contribution in [0.2, 0.25) is 0 Å². The summed E-state index contributed by atoms with van der Waals surface area (Å²) < 4.78 is 1.09. The predicted molar refractivity (Wildman–Crippen MR) is 104 cm³/mol. The number of halogens is 1. The lowest BCUT2D eigenvalue weighted by atomic mass is 10.0. The highest BCUT2D eigenvalue weighted by Gasteiger charge is 2.25. The lowest BCUT2D eigenvalue weighted by Gasteiger charge is -2.42. The van der Waals surface area contributed by atoms with Gasteiger partial charge in [-0.05, 0) is 44.5 Å². The van der Waals surface area contributed by atoms with E-state index >= 15 is 0 Å². The van der Waals surface area contributed by atoms with Gasteiger partial charge < -0.3 is 0 Å². The van der Waals surface area contributed by atoms with E-state index in [0.717, 1.165) is 48.5 Å². The first kappa shape index (κ1) is 17.6. The van der Waals surface area contributed by atoms with Crippen LogP contribution in [-0.4, -0.2) is 46.5 Å². The summed E-state index contributed by atoms with van der Waals surface area (Å²) in [5, 5.41) is 0. The van der Waals surface area contributed by atoms with Gasteiger partial charge in [0.25, 0.3) is 0 Å². The molecule has 0 amide bonds. The van der Waals surface area contributed by atoms with Crippen molar-refractivity contribution in [2.24, 2.45) is 0 Å². The van der Waals surface area contributed by atoms with Gasteiger partial charge in [0.2, 0.25) is 0 Å². The summed E-state index contributed by atoms with van der Waals surface area (Å²) in [5.41, 5.74) is 3.76. The van der Waals surface area contributed by atoms with Crippen LogP contribution >= 0.6 is 15.9 Å². The normalized spacial score (nSPS) is 17.2. The second-order valence-corrected chi connectivity index (χ2v) is 8.41. The van der Waals surface area contributed by atoms with E-state index in [4.69, 9.17) is 0 Å². The van der Waals surface area contributed by atoms with Crippen LogP contribution in [0.4, 0.5) is 0 Å². The van der Waals surface area contributed by atoms with Gasteiger partial charge in [0.1, 0.15) is 0 Å². The minimum Gasteiger partial charge on any atom is -0.296 e. The van der Waals surface area contributed by atoms with Crippen molar-refractivity contribution in [2.75, 3.05) is 26.2 Å². The largest absolute Gasteiger partial charge is 0.296 e. The molecule has 0 radical (unpaired) electrons. The molecule has 0 saturated carbocycles. The summed E-state index contributed by atoms with van der Waals surface area (Å²) >= 11 is 3.47. The average Bonchev–Trinajstić information content (AvgIpc) is 2.56. The number of piperazine rings is 1. The molecule has 1 aliphatic heterocycles. The SMILES string of the molecule is CC(C)(C)N1CCN(Cc2ccc(-c3ccc(Br)cc3)nc2)CC1. The predicted octanol–water partition coefficient (Wildman–Crippen LogP) is 4.43. The first-order valence-electron chi connectivity index (χ1n) is 8.60. The molecule has 0 unspecified atom stereocenters. The second-order valence-electron chi connectivity index (χ2n) is 7.49. The van der Waals surface area contributed by atoms with E-state index in [2.05, 4.69) is 87.9 Å². The Kier molecular flexibility index (Phi) is 5.38. The second kappa shape index (κ2) is 7.34. The Morgan fingerprint density at radius 2 is 1.62 bits per heavy atom. The van der Waals surface area contributed by atoms with E-state index in [1.807, 2.05) is 6.20 Å². The molecule has 1 aromatic heterocycles. The maximum atomic E-state index is 4.65. The maximum absolute atomic E-state index is 4.65. The summed E-state index contributed by atoms with van der Waals surface area (Å²) in [4.78, 5) is 9.74. The Balaban J connectivity index is 1.58. The molecule has 1 aromatic carbocycles. The molecule has 3 nitrogen and oxygen atoms in total. The molecule has 0 atom stereocenters. The number of hydrogen-bond donors (Lipinski definition) is 0. The monoisotopic (exact) mass is 387 g/mol. The Hall–Kier alpha value is -1.23. The van der Waals surface area contributed by atoms with Gasteiger partial charge in [-0.15, -0.1) is 0 Å². The zero-order valence-corrected chi connectivity index (χ0v) is 16.4. The molecule has 1 fully saturated rings. The zero-order chi connectivity index (χ0) is 17.2. The van der Waals surface area contributed by atoms with E-state index in [-0.39, 0.29) is 5.54 Å². The molecular weight excluding hydrogens is 362 g/mol. The van der Waals surface area contributed by atoms with Crippen molar-refractivity contribution >= 4 is 15.9 Å². The van der Waals surface area contributed by atoms with Crippen LogP contribution in [0.15, 0.2) is 47.1 Å². The van der Waals surface area contributed by atoms with Crippen LogP contribution in [0.3, 0.4) is 0 Å². The van der Waals surface area contributed by atoms with E-state index in [0.29, 0.717) is 0 Å². The van der Waals surface area contributed by atoms with Crippen molar-refractivity contribution in [3.63, 3.8) is 0 Å². The van der Waals surface area contributed by atoms with Gasteiger partial charge in [-0.1, -0.05) is 34.1 Å². The zero-order valence-electron chi connectivity index (χ0n) is 14.8. The fraction of sp³-hybridized carbons (Fsp3) is 0.450. The van der Waals surface area contributed by atoms with Gasteiger partial charge in [-0.3, -0.25) is 14.8 Å². The highest BCUT2D eigenvalue weighted by molar-refractivity contribution is 9.10. The summed E-state index contributed by atoms with van der Waals surface area (Å²) in [6.07, 6.45) is 2.02. The van der Waals surface area contributed by atoms with Crippen LogP contribution < -0.4 is 0 Å². The highest BCUT2D eigenvalue weighted by atomic mass is 79.9. The standard InChI is InChI=1S/C20H26BrN3/c1-20(2,3)24-12-10-23(11-13-24)15-16-4-9-19(22-14-16)17-5-7-18(21)8-6-17/h4-9,14H,10-13,15H2,1-3H3. The quantitative estimate of drug-likeness (QED) is 0.776. The van der Waals surface area contributed by atoms with Gasteiger partial charge in [0.05, 0.1) is 5.69 Å². The van der Waals surface area contributed by atoms with Crippen LogP contribution in [0.1, 0.15) is 26.3 Å². The smallest absolute Gasteiger partial charge is 0.0702 e. The third kappa shape index (κ3) is 4.44. The number of benzene rings is 1. The molecule has 0 N–H and O–H groups in total. The Bertz CT molecular complexity index is 651. The molecule has 1 aliphatic rings. The first-order valence-corrected chi connectivity index (χ1v) is 9.39. The molecule has 128 valence electrons. The molecule has 0 aliphatic carbocycles. The van der Waals surface area contributed by atoms with Crippen molar-refractivity contribution < 1.29 is 0 Å². The third-order valence-corrected chi connectivity index (χ3v) is 5.22. The minimum atomic E-state index is 0.278. The van der Waals surface area contributed by atoms with Crippen LogP contribution in [-0.2, 0) is 6.54 Å². The third-order valence-electron chi connectivity index (χ3n) is 4.69. The molecule has 0 bridgehead atoms. The summed E-state index contributed by atoms with van der Waals surface area (Å²) in [7, 11) is 0. The number of nitrogens with zero attached hydrogens (tertiary/aromatic N) is 3. The Morgan fingerprint density at radius 1 is 0.958 bits per heavy atom. The summed E-state index contributed by atoms with van der Waals surface area (Å²) in [6.45, 7) is 12.4. The van der Waals surface area contributed by atoms with Crippen molar-refractivity contribution in [2.45, 2.75) is 32.9 Å². The molecule has 4 heteroatoms. The van der Waals surface area contributed by atoms with Crippen molar-refractivity contribution in [1.29, 1.82) is 0 Å². The number of hydrogen-bond acceptors (Lipinski definition) is 3. The fourth-order valence-electron chi connectivity index (χ4n) is 3.14. The molecule has 3 rings (SSSR count). The molecule has 2 heterocycles. The van der Waals surface area contributed by atoms with Gasteiger partial charge >= 0.3 is 0 Å². The Morgan fingerprint density at radius 3 is 2.17 bits per heavy atom. The van der Waals surface area contributed by atoms with E-state index < -0.39 is 0 Å². The van der Waals surface area contributed by atoms with Gasteiger partial charge in [0, 0.05) is 54.5 Å². The molecule has 2 aromatic rings. The van der Waals surface area contributed by atoms with Crippen LogP contribution in [0.25, 0.3) is 11.3 Å². The van der Waals surface area contributed by atoms with Crippen molar-refractivity contribution in [1.82, 2.24) is 14.8 Å². The van der Waals surface area contributed by atoms with E-state index in [9.17, 15) is 0 Å². The molecular formula is C20H26BrN3. The Labute approximate surface area is 153 Å². The lowest BCUT2D eigenvalue weighted by molar-refractivity contribution is 0.0590. The minimum absolute atomic E-state index is 0.278. The van der Waals surface area contributed by atoms with Crippen molar-refractivity contribution in [3.8, 4) is 11.3 Å². The molecule has 24 heavy (non-hydrogen) atoms. The topological polar surface area (TPSA) is 19.4 Å². The average molecular weight is 388 g/mol. The number of rotatable bonds is 3. The molecule has 0 spiro atoms. The van der Waals surface area contributed by atoms with E-state index in [1.165, 1.54) is 5.56 Å². The maximum Gasteiger partial charge on any atom is 0.0702 e. The summed E-state index contributed by atoms with van der Waals surface area (Å²) in [6, 6.07) is 12.6. The van der Waals surface area contributed by atoms with Gasteiger partial charge in [-0.25, -0.2) is 0 Å². The number of pyridine rings is 1. The summed E-state index contributed by atoms with van der Waals surface area (Å²) in [5.74, 6) is 0. The highest BCUT2D eigenvalue weighted by Crippen LogP contribution is 2.21. The van der Waals surface area contributed by atoms with Crippen LogP contribution in [0, 0.1) is 0 Å². The number of aromatic nitrogens is 1. The van der Waals surface area contributed by atoms with E-state index in [1.54, 1.807) is 0 Å². The fourth-order valence-corrected chi connectivity index (χ4v) is 3.41.